The summed E-state index contributed by atoms with van der Waals surface area (Å²) in [5.74, 6) is -0.613. The largest absolute Gasteiger partial charge is 0.493 e. The van der Waals surface area contributed by atoms with Gasteiger partial charge in [-0.05, 0) is 54.3 Å². The van der Waals surface area contributed by atoms with E-state index in [1.54, 1.807) is 18.2 Å². The van der Waals surface area contributed by atoms with E-state index < -0.39 is 12.1 Å². The second-order valence-corrected chi connectivity index (χ2v) is 7.03. The van der Waals surface area contributed by atoms with Crippen LogP contribution in [0.3, 0.4) is 0 Å². The maximum absolute atomic E-state index is 11.3. The van der Waals surface area contributed by atoms with Gasteiger partial charge < -0.3 is 20.3 Å². The minimum absolute atomic E-state index is 0.168. The van der Waals surface area contributed by atoms with Crippen LogP contribution in [0.15, 0.2) is 72.8 Å². The number of carbonyl (C=O) groups is 1. The van der Waals surface area contributed by atoms with Gasteiger partial charge in [0, 0.05) is 6.54 Å². The van der Waals surface area contributed by atoms with Crippen molar-refractivity contribution >= 4 is 5.97 Å². The molecule has 156 valence electrons. The molecule has 1 atom stereocenters. The molecule has 3 N–H and O–H groups in total. The van der Waals surface area contributed by atoms with E-state index in [0.29, 0.717) is 18.9 Å². The van der Waals surface area contributed by atoms with Gasteiger partial charge >= 0.3 is 5.97 Å². The molecule has 0 aliphatic rings. The van der Waals surface area contributed by atoms with E-state index in [2.05, 4.69) is 17.4 Å². The fourth-order valence-electron chi connectivity index (χ4n) is 3.28. The van der Waals surface area contributed by atoms with Crippen molar-refractivity contribution in [1.29, 1.82) is 0 Å². The van der Waals surface area contributed by atoms with Crippen LogP contribution < -0.4 is 10.1 Å². The molecule has 0 aliphatic heterocycles. The number of benzene rings is 3. The molecule has 3 rings (SSSR count). The van der Waals surface area contributed by atoms with E-state index in [4.69, 9.17) is 4.74 Å². The molecule has 0 saturated carbocycles. The standard InChI is InChI=1S/C25H27NO4/c1-2-30-24-16-21(12-13-22(24)25(28)29)19-10-8-18(9-11-19)14-15-26-17-23(27)20-6-4-3-5-7-20/h3-13,16,23,26-27H,2,14-15,17H2,1H3,(H,28,29)/t23-/m0/s1. The van der Waals surface area contributed by atoms with E-state index in [1.165, 1.54) is 5.56 Å². The van der Waals surface area contributed by atoms with E-state index in [1.807, 2.05) is 49.4 Å². The fraction of sp³-hybridized carbons (Fsp3) is 0.240. The number of aliphatic hydroxyl groups is 1. The normalized spacial score (nSPS) is 11.8. The summed E-state index contributed by atoms with van der Waals surface area (Å²) < 4.78 is 5.49. The lowest BCUT2D eigenvalue weighted by Gasteiger charge is -2.12. The van der Waals surface area contributed by atoms with Crippen LogP contribution in [0, 0.1) is 0 Å². The second kappa shape index (κ2) is 10.6. The average Bonchev–Trinajstić information content (AvgIpc) is 2.77. The number of carboxylic acid groups (broad SMARTS) is 1. The lowest BCUT2D eigenvalue weighted by molar-refractivity contribution is 0.0692. The van der Waals surface area contributed by atoms with Gasteiger partial charge in [0.2, 0.25) is 0 Å². The summed E-state index contributed by atoms with van der Waals surface area (Å²) in [6, 6.07) is 23.0. The Bertz CT molecular complexity index is 955. The number of hydrogen-bond donors (Lipinski definition) is 3. The molecule has 30 heavy (non-hydrogen) atoms. The summed E-state index contributed by atoms with van der Waals surface area (Å²) >= 11 is 0. The number of carboxylic acids is 1. The molecule has 3 aromatic rings. The zero-order valence-electron chi connectivity index (χ0n) is 17.0. The highest BCUT2D eigenvalue weighted by molar-refractivity contribution is 5.92. The summed E-state index contributed by atoms with van der Waals surface area (Å²) in [6.07, 6.45) is 0.339. The van der Waals surface area contributed by atoms with Crippen molar-refractivity contribution in [2.24, 2.45) is 0 Å². The van der Waals surface area contributed by atoms with E-state index in [0.717, 1.165) is 29.7 Å². The monoisotopic (exact) mass is 405 g/mol. The third-order valence-electron chi connectivity index (χ3n) is 4.91. The molecule has 0 radical (unpaired) electrons. The van der Waals surface area contributed by atoms with Crippen LogP contribution in [0.1, 0.15) is 34.5 Å². The maximum Gasteiger partial charge on any atom is 0.339 e. The molecule has 0 bridgehead atoms. The van der Waals surface area contributed by atoms with Crippen molar-refractivity contribution in [2.75, 3.05) is 19.7 Å². The summed E-state index contributed by atoms with van der Waals surface area (Å²) in [6.45, 7) is 3.53. The van der Waals surface area contributed by atoms with Crippen molar-refractivity contribution < 1.29 is 19.7 Å². The van der Waals surface area contributed by atoms with Gasteiger partial charge in [0.15, 0.2) is 0 Å². The Hall–Kier alpha value is -3.15. The van der Waals surface area contributed by atoms with Gasteiger partial charge in [-0.1, -0.05) is 60.7 Å². The van der Waals surface area contributed by atoms with Gasteiger partial charge in [0.1, 0.15) is 11.3 Å². The number of nitrogens with one attached hydrogen (secondary N) is 1. The zero-order chi connectivity index (χ0) is 21.3. The Labute approximate surface area is 177 Å². The van der Waals surface area contributed by atoms with Crippen LogP contribution in [0.4, 0.5) is 0 Å². The Morgan fingerprint density at radius 3 is 2.37 bits per heavy atom. The van der Waals surface area contributed by atoms with Crippen molar-refractivity contribution in [3.8, 4) is 16.9 Å². The first-order valence-corrected chi connectivity index (χ1v) is 10.1. The van der Waals surface area contributed by atoms with Gasteiger partial charge in [0.25, 0.3) is 0 Å². The van der Waals surface area contributed by atoms with Gasteiger partial charge in [0.05, 0.1) is 12.7 Å². The lowest BCUT2D eigenvalue weighted by Crippen LogP contribution is -2.23. The number of aliphatic hydroxyl groups excluding tert-OH is 1. The first kappa shape index (κ1) is 21.6. The SMILES string of the molecule is CCOc1cc(-c2ccc(CCNC[C@H](O)c3ccccc3)cc2)ccc1C(=O)O. The van der Waals surface area contributed by atoms with Crippen LogP contribution in [-0.2, 0) is 6.42 Å². The number of hydrogen-bond acceptors (Lipinski definition) is 4. The highest BCUT2D eigenvalue weighted by Crippen LogP contribution is 2.28. The van der Waals surface area contributed by atoms with Crippen LogP contribution in [0.25, 0.3) is 11.1 Å². The highest BCUT2D eigenvalue weighted by atomic mass is 16.5. The predicted octanol–water partition coefficient (Wildman–Crippen LogP) is 4.32. The molecule has 0 aliphatic carbocycles. The minimum atomic E-state index is -0.995. The van der Waals surface area contributed by atoms with Crippen molar-refractivity contribution in [3.05, 3.63) is 89.5 Å². The molecule has 0 saturated heterocycles. The minimum Gasteiger partial charge on any atom is -0.493 e. The van der Waals surface area contributed by atoms with Gasteiger partial charge in [-0.15, -0.1) is 0 Å². The highest BCUT2D eigenvalue weighted by Gasteiger charge is 2.12. The summed E-state index contributed by atoms with van der Waals surface area (Å²) in [4.78, 5) is 11.3. The fourth-order valence-corrected chi connectivity index (χ4v) is 3.28. The molecule has 0 amide bonds. The third kappa shape index (κ3) is 5.69. The molecule has 5 heteroatoms. The van der Waals surface area contributed by atoms with Crippen molar-refractivity contribution in [1.82, 2.24) is 5.32 Å². The topological polar surface area (TPSA) is 78.8 Å². The average molecular weight is 405 g/mol. The molecule has 5 nitrogen and oxygen atoms in total. The number of rotatable bonds is 10. The Morgan fingerprint density at radius 1 is 1.00 bits per heavy atom. The van der Waals surface area contributed by atoms with Crippen LogP contribution in [-0.4, -0.2) is 35.9 Å². The quantitative estimate of drug-likeness (QED) is 0.438. The molecule has 0 fully saturated rings. The summed E-state index contributed by atoms with van der Waals surface area (Å²) in [5, 5.41) is 22.8. The molecule has 0 heterocycles. The van der Waals surface area contributed by atoms with Crippen molar-refractivity contribution in [2.45, 2.75) is 19.4 Å². The molecule has 0 unspecified atom stereocenters. The first-order valence-electron chi connectivity index (χ1n) is 10.1. The zero-order valence-corrected chi connectivity index (χ0v) is 17.0. The van der Waals surface area contributed by atoms with Gasteiger partial charge in [-0.25, -0.2) is 4.79 Å². The Balaban J connectivity index is 1.56. The van der Waals surface area contributed by atoms with Gasteiger partial charge in [-0.3, -0.25) is 0 Å². The maximum atomic E-state index is 11.3. The summed E-state index contributed by atoms with van der Waals surface area (Å²) in [5.41, 5.74) is 4.19. The number of aromatic carboxylic acids is 1. The summed E-state index contributed by atoms with van der Waals surface area (Å²) in [7, 11) is 0. The molecule has 0 aromatic heterocycles. The third-order valence-corrected chi connectivity index (χ3v) is 4.91. The molecule has 0 spiro atoms. The Kier molecular flexibility index (Phi) is 7.60. The second-order valence-electron chi connectivity index (χ2n) is 7.03. The lowest BCUT2D eigenvalue weighted by atomic mass is 10.0. The Morgan fingerprint density at radius 2 is 1.70 bits per heavy atom. The van der Waals surface area contributed by atoms with Crippen molar-refractivity contribution in [3.63, 3.8) is 0 Å². The van der Waals surface area contributed by atoms with E-state index in [9.17, 15) is 15.0 Å². The smallest absolute Gasteiger partial charge is 0.339 e. The van der Waals surface area contributed by atoms with E-state index >= 15 is 0 Å². The van der Waals surface area contributed by atoms with E-state index in [-0.39, 0.29) is 5.56 Å². The van der Waals surface area contributed by atoms with Crippen LogP contribution >= 0.6 is 0 Å². The van der Waals surface area contributed by atoms with Crippen LogP contribution in [0.2, 0.25) is 0 Å². The van der Waals surface area contributed by atoms with Crippen LogP contribution in [0.5, 0.6) is 5.75 Å². The first-order chi connectivity index (χ1) is 14.6. The molecular formula is C25H27NO4. The number of ether oxygens (including phenoxy) is 1. The van der Waals surface area contributed by atoms with Gasteiger partial charge in [-0.2, -0.15) is 0 Å². The molecule has 3 aromatic carbocycles. The predicted molar refractivity (Wildman–Crippen MR) is 118 cm³/mol. The molecular weight excluding hydrogens is 378 g/mol.